The Morgan fingerprint density at radius 1 is 1.03 bits per heavy atom. The smallest absolute Gasteiger partial charge is 0.319 e. The molecule has 1 unspecified atom stereocenters. The van der Waals surface area contributed by atoms with Gasteiger partial charge in [0, 0.05) is 23.0 Å². The second-order valence-electron chi connectivity index (χ2n) is 7.14. The highest BCUT2D eigenvalue weighted by molar-refractivity contribution is 7.92. The third-order valence-corrected chi connectivity index (χ3v) is 4.96. The molecule has 0 saturated heterocycles. The Hall–Kier alpha value is -3.07. The second kappa shape index (κ2) is 8.52. The predicted molar refractivity (Wildman–Crippen MR) is 112 cm³/mol. The van der Waals surface area contributed by atoms with Crippen LogP contribution in [0.25, 0.3) is 0 Å². The minimum Gasteiger partial charge on any atom is -0.346 e. The molecule has 2 aromatic carbocycles. The number of hydrogen-bond donors (Lipinski definition) is 4. The molecule has 1 aliphatic rings. The Morgan fingerprint density at radius 3 is 2.34 bits per heavy atom. The average molecular weight is 417 g/mol. The number of sulfonamides is 1. The van der Waals surface area contributed by atoms with E-state index in [2.05, 4.69) is 20.7 Å². The molecule has 3 amide bonds. The standard InChI is InChI=1S/C20H24N4O4S/c1-13(15-4-3-5-18(12-15)24-29(2,27)28)21-19(25)14-6-8-16(9-7-14)22-20(26)23-17-10-11-17/h3-9,12-13,17,24H,10-11H2,1-2H3,(H,21,25)(H2,22,23,26). The molecule has 29 heavy (non-hydrogen) atoms. The first kappa shape index (κ1) is 20.7. The number of urea groups is 1. The second-order valence-corrected chi connectivity index (χ2v) is 8.89. The minimum atomic E-state index is -3.37. The molecule has 0 aliphatic heterocycles. The summed E-state index contributed by atoms with van der Waals surface area (Å²) in [4.78, 5) is 24.3. The van der Waals surface area contributed by atoms with Crippen molar-refractivity contribution < 1.29 is 18.0 Å². The van der Waals surface area contributed by atoms with Crippen molar-refractivity contribution in [2.45, 2.75) is 31.8 Å². The lowest BCUT2D eigenvalue weighted by Gasteiger charge is -2.16. The molecule has 154 valence electrons. The van der Waals surface area contributed by atoms with E-state index in [0.717, 1.165) is 24.7 Å². The van der Waals surface area contributed by atoms with Crippen molar-refractivity contribution in [3.8, 4) is 0 Å². The number of amides is 3. The van der Waals surface area contributed by atoms with Crippen LogP contribution in [0.1, 0.15) is 41.7 Å². The van der Waals surface area contributed by atoms with Gasteiger partial charge in [0.15, 0.2) is 0 Å². The number of carbonyl (C=O) groups excluding carboxylic acids is 2. The average Bonchev–Trinajstić information content (AvgIpc) is 3.44. The van der Waals surface area contributed by atoms with Crippen molar-refractivity contribution in [1.82, 2.24) is 10.6 Å². The van der Waals surface area contributed by atoms with E-state index in [9.17, 15) is 18.0 Å². The van der Waals surface area contributed by atoms with Gasteiger partial charge in [0.2, 0.25) is 10.0 Å². The highest BCUT2D eigenvalue weighted by Crippen LogP contribution is 2.20. The van der Waals surface area contributed by atoms with Crippen LogP contribution in [-0.2, 0) is 10.0 Å². The van der Waals surface area contributed by atoms with Crippen LogP contribution in [0.5, 0.6) is 0 Å². The van der Waals surface area contributed by atoms with Gasteiger partial charge in [-0.05, 0) is 61.7 Å². The van der Waals surface area contributed by atoms with Crippen molar-refractivity contribution in [2.75, 3.05) is 16.3 Å². The van der Waals surface area contributed by atoms with Crippen molar-refractivity contribution in [2.24, 2.45) is 0 Å². The molecule has 1 atom stereocenters. The van der Waals surface area contributed by atoms with Gasteiger partial charge in [0.1, 0.15) is 0 Å². The molecule has 0 aromatic heterocycles. The van der Waals surface area contributed by atoms with Crippen molar-refractivity contribution >= 4 is 33.3 Å². The van der Waals surface area contributed by atoms with Crippen LogP contribution in [0, 0.1) is 0 Å². The van der Waals surface area contributed by atoms with Gasteiger partial charge in [-0.2, -0.15) is 0 Å². The Balaban J connectivity index is 1.59. The molecule has 1 fully saturated rings. The Bertz CT molecular complexity index is 1000. The molecule has 0 heterocycles. The lowest BCUT2D eigenvalue weighted by molar-refractivity contribution is 0.0940. The van der Waals surface area contributed by atoms with E-state index in [-0.39, 0.29) is 24.0 Å². The van der Waals surface area contributed by atoms with Crippen molar-refractivity contribution in [3.63, 3.8) is 0 Å². The summed E-state index contributed by atoms with van der Waals surface area (Å²) >= 11 is 0. The maximum absolute atomic E-state index is 12.5. The molecule has 0 spiro atoms. The molecule has 0 bridgehead atoms. The molecule has 1 saturated carbocycles. The van der Waals surface area contributed by atoms with Crippen molar-refractivity contribution in [1.29, 1.82) is 0 Å². The number of anilines is 2. The van der Waals surface area contributed by atoms with Crippen LogP contribution in [0.3, 0.4) is 0 Å². The normalized spacial score (nSPS) is 14.6. The number of hydrogen-bond acceptors (Lipinski definition) is 4. The zero-order valence-corrected chi connectivity index (χ0v) is 17.0. The fourth-order valence-corrected chi connectivity index (χ4v) is 3.29. The summed E-state index contributed by atoms with van der Waals surface area (Å²) in [6, 6.07) is 13.2. The Kier molecular flexibility index (Phi) is 6.07. The van der Waals surface area contributed by atoms with Gasteiger partial charge in [0.25, 0.3) is 5.91 Å². The molecule has 9 heteroatoms. The molecule has 8 nitrogen and oxygen atoms in total. The molecule has 0 radical (unpaired) electrons. The minimum absolute atomic E-state index is 0.249. The first-order valence-electron chi connectivity index (χ1n) is 9.26. The van der Waals surface area contributed by atoms with E-state index in [1.807, 2.05) is 13.0 Å². The van der Waals surface area contributed by atoms with E-state index in [4.69, 9.17) is 0 Å². The van der Waals surface area contributed by atoms with Gasteiger partial charge < -0.3 is 16.0 Å². The monoisotopic (exact) mass is 416 g/mol. The fraction of sp³-hybridized carbons (Fsp3) is 0.300. The van der Waals surface area contributed by atoms with Crippen molar-refractivity contribution in [3.05, 3.63) is 59.7 Å². The highest BCUT2D eigenvalue weighted by Gasteiger charge is 2.23. The van der Waals surface area contributed by atoms with Crippen LogP contribution in [0.2, 0.25) is 0 Å². The van der Waals surface area contributed by atoms with E-state index in [1.165, 1.54) is 0 Å². The van der Waals surface area contributed by atoms with Gasteiger partial charge >= 0.3 is 6.03 Å². The van der Waals surface area contributed by atoms with Gasteiger partial charge in [-0.3, -0.25) is 9.52 Å². The first-order chi connectivity index (χ1) is 13.7. The predicted octanol–water partition coefficient (Wildman–Crippen LogP) is 2.83. The third-order valence-electron chi connectivity index (χ3n) is 4.36. The molecule has 4 N–H and O–H groups in total. The lowest BCUT2D eigenvalue weighted by Crippen LogP contribution is -2.30. The molecular weight excluding hydrogens is 392 g/mol. The molecule has 2 aromatic rings. The van der Waals surface area contributed by atoms with Gasteiger partial charge in [-0.15, -0.1) is 0 Å². The van der Waals surface area contributed by atoms with Gasteiger partial charge in [0.05, 0.1) is 12.3 Å². The van der Waals surface area contributed by atoms with Gasteiger partial charge in [-0.1, -0.05) is 12.1 Å². The van der Waals surface area contributed by atoms with Crippen LogP contribution >= 0.6 is 0 Å². The maximum Gasteiger partial charge on any atom is 0.319 e. The molecule has 1 aliphatic carbocycles. The van der Waals surface area contributed by atoms with E-state index >= 15 is 0 Å². The van der Waals surface area contributed by atoms with Crippen LogP contribution in [0.15, 0.2) is 48.5 Å². The summed E-state index contributed by atoms with van der Waals surface area (Å²) in [5.41, 5.74) is 2.26. The van der Waals surface area contributed by atoms with Crippen LogP contribution in [-0.4, -0.2) is 32.7 Å². The number of nitrogens with one attached hydrogen (secondary N) is 4. The summed E-state index contributed by atoms with van der Waals surface area (Å²) in [6.07, 6.45) is 3.11. The van der Waals surface area contributed by atoms with E-state index in [0.29, 0.717) is 16.9 Å². The maximum atomic E-state index is 12.5. The zero-order chi connectivity index (χ0) is 21.0. The fourth-order valence-electron chi connectivity index (χ4n) is 2.73. The van der Waals surface area contributed by atoms with E-state index in [1.54, 1.807) is 42.5 Å². The summed E-state index contributed by atoms with van der Waals surface area (Å²) in [6.45, 7) is 1.82. The highest BCUT2D eigenvalue weighted by atomic mass is 32.2. The summed E-state index contributed by atoms with van der Waals surface area (Å²) in [5.74, 6) is -0.270. The summed E-state index contributed by atoms with van der Waals surface area (Å²) in [7, 11) is -3.37. The SMILES string of the molecule is CC(NC(=O)c1ccc(NC(=O)NC2CC2)cc1)c1cccc(NS(C)(=O)=O)c1. The molecule has 3 rings (SSSR count). The quantitative estimate of drug-likeness (QED) is 0.555. The van der Waals surface area contributed by atoms with Gasteiger partial charge in [-0.25, -0.2) is 13.2 Å². The lowest BCUT2D eigenvalue weighted by atomic mass is 10.1. The zero-order valence-electron chi connectivity index (χ0n) is 16.2. The Labute approximate surface area is 170 Å². The number of benzene rings is 2. The largest absolute Gasteiger partial charge is 0.346 e. The van der Waals surface area contributed by atoms with E-state index < -0.39 is 10.0 Å². The van der Waals surface area contributed by atoms with Crippen LogP contribution in [0.4, 0.5) is 16.2 Å². The third kappa shape index (κ3) is 6.49. The summed E-state index contributed by atoms with van der Waals surface area (Å²) in [5, 5.41) is 8.44. The topological polar surface area (TPSA) is 116 Å². The summed E-state index contributed by atoms with van der Waals surface area (Å²) < 4.78 is 25.2. The molecular formula is C20H24N4O4S. The number of rotatable bonds is 7. The van der Waals surface area contributed by atoms with Crippen LogP contribution < -0.4 is 20.7 Å². The Morgan fingerprint density at radius 2 is 1.72 bits per heavy atom. The first-order valence-corrected chi connectivity index (χ1v) is 11.1. The number of carbonyl (C=O) groups is 2.